The van der Waals surface area contributed by atoms with Crippen molar-refractivity contribution in [2.45, 2.75) is 50.4 Å². The van der Waals surface area contributed by atoms with Gasteiger partial charge in [0.25, 0.3) is 17.7 Å². The molecule has 0 saturated carbocycles. The summed E-state index contributed by atoms with van der Waals surface area (Å²) in [6.45, 7) is 6.98. The molecule has 16 heteroatoms. The summed E-state index contributed by atoms with van der Waals surface area (Å²) in [5, 5.41) is 2.92. The number of morpholine rings is 2. The highest BCUT2D eigenvalue weighted by Crippen LogP contribution is 2.41. The highest BCUT2D eigenvalue weighted by Gasteiger charge is 2.53. The number of nitrogens with zero attached hydrogens (tertiary/aromatic N) is 5. The van der Waals surface area contributed by atoms with Crippen LogP contribution in [0.1, 0.15) is 70.4 Å². The minimum absolute atomic E-state index is 0.0402. The zero-order valence-electron chi connectivity index (χ0n) is 28.7. The maximum Gasteiger partial charge on any atom is 0.573 e. The van der Waals surface area contributed by atoms with Crippen molar-refractivity contribution in [3.8, 4) is 5.75 Å². The van der Waals surface area contributed by atoms with E-state index in [2.05, 4.69) is 20.0 Å². The summed E-state index contributed by atoms with van der Waals surface area (Å²) in [4.78, 5) is 68.4. The number of benzene rings is 1. The lowest BCUT2D eigenvalue weighted by Crippen LogP contribution is -2.49. The molecule has 0 bridgehead atoms. The number of imide groups is 1. The average Bonchev–Trinajstić information content (AvgIpc) is 3.38. The van der Waals surface area contributed by atoms with Crippen LogP contribution in [0.25, 0.3) is 0 Å². The lowest BCUT2D eigenvalue weighted by Gasteiger charge is -2.34. The van der Waals surface area contributed by atoms with Gasteiger partial charge in [-0.2, -0.15) is 0 Å². The number of carbonyl (C=O) groups is 4. The fraction of sp³-hybridized carbons (Fsp3) is 0.444. The van der Waals surface area contributed by atoms with Crippen LogP contribution in [0.5, 0.6) is 5.75 Å². The van der Waals surface area contributed by atoms with Gasteiger partial charge in [-0.3, -0.25) is 24.4 Å². The highest BCUT2D eigenvalue weighted by molar-refractivity contribution is 6.23. The van der Waals surface area contributed by atoms with E-state index < -0.39 is 41.4 Å². The third-order valence-electron chi connectivity index (χ3n) is 9.63. The molecule has 13 nitrogen and oxygen atoms in total. The predicted molar refractivity (Wildman–Crippen MR) is 180 cm³/mol. The number of alkyl halides is 3. The molecule has 1 aromatic carbocycles. The van der Waals surface area contributed by atoms with Crippen molar-refractivity contribution >= 4 is 29.4 Å². The fourth-order valence-electron chi connectivity index (χ4n) is 7.18. The Hall–Kier alpha value is -5.09. The topological polar surface area (TPSA) is 144 Å². The highest BCUT2D eigenvalue weighted by atomic mass is 19.4. The Morgan fingerprint density at radius 2 is 1.27 bits per heavy atom. The number of pyridine rings is 2. The third-order valence-corrected chi connectivity index (χ3v) is 9.63. The van der Waals surface area contributed by atoms with E-state index in [9.17, 15) is 32.3 Å². The number of urea groups is 1. The second kappa shape index (κ2) is 15.3. The van der Waals surface area contributed by atoms with Crippen LogP contribution in [0.3, 0.4) is 0 Å². The zero-order valence-corrected chi connectivity index (χ0v) is 28.7. The first-order valence-corrected chi connectivity index (χ1v) is 17.0. The van der Waals surface area contributed by atoms with Crippen LogP contribution in [0.2, 0.25) is 0 Å². The van der Waals surface area contributed by atoms with Crippen LogP contribution in [-0.4, -0.2) is 108 Å². The number of hydrogen-bond donors (Lipinski definition) is 1. The second-order valence-corrected chi connectivity index (χ2v) is 13.1. The molecule has 0 spiro atoms. The van der Waals surface area contributed by atoms with Crippen molar-refractivity contribution < 1.29 is 46.6 Å². The minimum Gasteiger partial charge on any atom is -0.406 e. The third kappa shape index (κ3) is 7.87. The normalized spacial score (nSPS) is 20.8. The van der Waals surface area contributed by atoms with E-state index >= 15 is 0 Å². The van der Waals surface area contributed by atoms with Crippen molar-refractivity contribution in [2.24, 2.45) is 0 Å². The van der Waals surface area contributed by atoms with Gasteiger partial charge < -0.3 is 29.3 Å². The van der Waals surface area contributed by atoms with Gasteiger partial charge in [-0.15, -0.1) is 13.2 Å². The maximum absolute atomic E-state index is 14.6. The predicted octanol–water partition coefficient (Wildman–Crippen LogP) is 4.50. The number of aromatic nitrogens is 2. The molecule has 5 heterocycles. The molecular formula is C36H39F3N6O7. The van der Waals surface area contributed by atoms with Crippen molar-refractivity contribution in [3.63, 3.8) is 0 Å². The summed E-state index contributed by atoms with van der Waals surface area (Å²) in [5.41, 5.74) is 0.447. The summed E-state index contributed by atoms with van der Waals surface area (Å²) in [5.74, 6) is -2.56. The Morgan fingerprint density at radius 1 is 0.808 bits per heavy atom. The zero-order chi connectivity index (χ0) is 37.0. The molecule has 3 aliphatic heterocycles. The van der Waals surface area contributed by atoms with Crippen molar-refractivity contribution in [1.82, 2.24) is 25.1 Å². The van der Waals surface area contributed by atoms with Gasteiger partial charge in [0.2, 0.25) is 0 Å². The van der Waals surface area contributed by atoms with E-state index in [4.69, 9.17) is 9.47 Å². The number of anilines is 1. The van der Waals surface area contributed by atoms with E-state index in [1.807, 2.05) is 13.8 Å². The summed E-state index contributed by atoms with van der Waals surface area (Å²) < 4.78 is 53.3. The number of hydrogen-bond acceptors (Lipinski definition) is 9. The lowest BCUT2D eigenvalue weighted by molar-refractivity contribution is -0.274. The number of rotatable bonds is 10. The van der Waals surface area contributed by atoms with Gasteiger partial charge in [0.15, 0.2) is 0 Å². The first-order valence-electron chi connectivity index (χ1n) is 17.0. The minimum atomic E-state index is -4.92. The molecule has 2 unspecified atom stereocenters. The molecule has 3 aliphatic rings. The Labute approximate surface area is 298 Å². The Balaban J connectivity index is 1.34. The first-order chi connectivity index (χ1) is 24.9. The summed E-state index contributed by atoms with van der Waals surface area (Å²) in [6.07, 6.45) is 1.26. The largest absolute Gasteiger partial charge is 0.573 e. The van der Waals surface area contributed by atoms with Crippen LogP contribution in [0.4, 0.5) is 23.7 Å². The van der Waals surface area contributed by atoms with Gasteiger partial charge in [-0.25, -0.2) is 9.69 Å². The summed E-state index contributed by atoms with van der Waals surface area (Å²) in [7, 11) is 0. The number of halogens is 3. The number of carbonyl (C=O) groups excluding carboxylic acids is 4. The molecule has 3 saturated heterocycles. The molecule has 6 rings (SSSR count). The molecule has 2 aromatic heterocycles. The molecule has 2 atom stereocenters. The van der Waals surface area contributed by atoms with Crippen molar-refractivity contribution in [1.29, 1.82) is 0 Å². The number of ether oxygens (including phenoxy) is 3. The standard InChI is InChI=1S/C36H39F3N6O7/c1-23(27-7-9-40-21-29(27)31(46)43-11-15-50-16-12-43)19-35(20-24(2)28-8-10-41-22-30(28)32(47)44-13-17-51-18-14-44)33(48)45(34(49)42-35)25-3-5-26(6-4-25)52-36(37,38)39/h3-10,21-24H,11-20H2,1-2H3,(H,42,49). The van der Waals surface area contributed by atoms with Crippen LogP contribution in [0.15, 0.2) is 61.2 Å². The molecule has 0 radical (unpaired) electrons. The fourth-order valence-corrected chi connectivity index (χ4v) is 7.18. The Kier molecular flexibility index (Phi) is 10.8. The maximum atomic E-state index is 14.6. The van der Waals surface area contributed by atoms with E-state index in [0.29, 0.717) is 74.9 Å². The molecular weight excluding hydrogens is 685 g/mol. The summed E-state index contributed by atoms with van der Waals surface area (Å²) in [6, 6.07) is 7.11. The van der Waals surface area contributed by atoms with Crippen LogP contribution < -0.4 is 15.0 Å². The molecule has 276 valence electrons. The van der Waals surface area contributed by atoms with Crippen LogP contribution >= 0.6 is 0 Å². The monoisotopic (exact) mass is 724 g/mol. The number of nitrogens with one attached hydrogen (secondary N) is 1. The van der Waals surface area contributed by atoms with Crippen LogP contribution in [0, 0.1) is 0 Å². The smallest absolute Gasteiger partial charge is 0.406 e. The van der Waals surface area contributed by atoms with Gasteiger partial charge in [-0.1, -0.05) is 13.8 Å². The Bertz CT molecular complexity index is 1710. The molecule has 3 fully saturated rings. The van der Waals surface area contributed by atoms with Crippen molar-refractivity contribution in [3.05, 3.63) is 83.4 Å². The van der Waals surface area contributed by atoms with Crippen LogP contribution in [-0.2, 0) is 14.3 Å². The molecule has 5 amide bonds. The molecule has 1 N–H and O–H groups in total. The molecule has 3 aromatic rings. The van der Waals surface area contributed by atoms with Gasteiger partial charge in [-0.05, 0) is 72.2 Å². The first kappa shape index (κ1) is 36.7. The summed E-state index contributed by atoms with van der Waals surface area (Å²) >= 11 is 0. The van der Waals surface area contributed by atoms with Gasteiger partial charge in [0, 0.05) is 51.0 Å². The van der Waals surface area contributed by atoms with Gasteiger partial charge in [0.1, 0.15) is 11.3 Å². The SMILES string of the molecule is CC(CC1(CC(C)c2ccncc2C(=O)N2CCOCC2)NC(=O)N(c2ccc(OC(F)(F)F)cc2)C1=O)c1ccncc1C(=O)N1CCOCC1. The number of amides is 5. The quantitative estimate of drug-likeness (QED) is 0.299. The molecule has 52 heavy (non-hydrogen) atoms. The molecule has 0 aliphatic carbocycles. The van der Waals surface area contributed by atoms with E-state index in [0.717, 1.165) is 17.0 Å². The average molecular weight is 725 g/mol. The van der Waals surface area contributed by atoms with Crippen molar-refractivity contribution in [2.75, 3.05) is 57.5 Å². The van der Waals surface area contributed by atoms with Gasteiger partial charge >= 0.3 is 12.4 Å². The second-order valence-electron chi connectivity index (χ2n) is 13.1. The van der Waals surface area contributed by atoms with E-state index in [-0.39, 0.29) is 30.3 Å². The Morgan fingerprint density at radius 3 is 1.71 bits per heavy atom. The van der Waals surface area contributed by atoms with E-state index in [1.54, 1.807) is 34.3 Å². The van der Waals surface area contributed by atoms with Gasteiger partial charge in [0.05, 0.1) is 43.2 Å². The lowest BCUT2D eigenvalue weighted by atomic mass is 9.76. The van der Waals surface area contributed by atoms with E-state index in [1.165, 1.54) is 24.5 Å².